The summed E-state index contributed by atoms with van der Waals surface area (Å²) in [6.07, 6.45) is 0. The Morgan fingerprint density at radius 1 is 0.963 bits per heavy atom. The van der Waals surface area contributed by atoms with Crippen molar-refractivity contribution in [3.05, 3.63) is 76.5 Å². The molecule has 0 saturated heterocycles. The summed E-state index contributed by atoms with van der Waals surface area (Å²) in [6, 6.07) is 14.9. The van der Waals surface area contributed by atoms with Gasteiger partial charge in [0.1, 0.15) is 5.76 Å². The van der Waals surface area contributed by atoms with Gasteiger partial charge in [0.2, 0.25) is 0 Å². The SMILES string of the molecule is CN1C(=O)c2ccc(NC(=O)c3ccc(-c4ccccc4Cl)o3)cc2C1=O. The Bertz CT molecular complexity index is 1100. The summed E-state index contributed by atoms with van der Waals surface area (Å²) >= 11 is 6.14. The van der Waals surface area contributed by atoms with Crippen molar-refractivity contribution in [2.45, 2.75) is 0 Å². The molecule has 4 rings (SSSR count). The highest BCUT2D eigenvalue weighted by Gasteiger charge is 2.32. The maximum atomic E-state index is 12.5. The van der Waals surface area contributed by atoms with Crippen LogP contribution >= 0.6 is 11.6 Å². The highest BCUT2D eigenvalue weighted by Crippen LogP contribution is 2.30. The third-order valence-corrected chi connectivity index (χ3v) is 4.65. The summed E-state index contributed by atoms with van der Waals surface area (Å²) in [5, 5.41) is 3.19. The van der Waals surface area contributed by atoms with Crippen LogP contribution in [-0.4, -0.2) is 29.7 Å². The van der Waals surface area contributed by atoms with E-state index in [2.05, 4.69) is 5.32 Å². The largest absolute Gasteiger partial charge is 0.451 e. The van der Waals surface area contributed by atoms with Gasteiger partial charge in [0.25, 0.3) is 17.7 Å². The molecule has 1 aromatic heterocycles. The lowest BCUT2D eigenvalue weighted by molar-refractivity contribution is 0.0692. The number of hydrogen-bond acceptors (Lipinski definition) is 4. The van der Waals surface area contributed by atoms with Crippen molar-refractivity contribution in [1.29, 1.82) is 0 Å². The minimum absolute atomic E-state index is 0.102. The Hall–Kier alpha value is -3.38. The highest BCUT2D eigenvalue weighted by atomic mass is 35.5. The number of carbonyl (C=O) groups excluding carboxylic acids is 3. The van der Waals surface area contributed by atoms with Crippen molar-refractivity contribution in [1.82, 2.24) is 4.90 Å². The molecule has 2 aromatic carbocycles. The number of carbonyl (C=O) groups is 3. The topological polar surface area (TPSA) is 79.6 Å². The fraction of sp³-hybridized carbons (Fsp3) is 0.0500. The second-order valence-electron chi connectivity index (χ2n) is 6.03. The number of anilines is 1. The van der Waals surface area contributed by atoms with Gasteiger partial charge in [-0.2, -0.15) is 0 Å². The Kier molecular flexibility index (Phi) is 4.05. The van der Waals surface area contributed by atoms with Gasteiger partial charge in [-0.15, -0.1) is 0 Å². The molecule has 0 aliphatic carbocycles. The first-order chi connectivity index (χ1) is 13.0. The zero-order chi connectivity index (χ0) is 19.1. The minimum atomic E-state index is -0.474. The molecule has 2 heterocycles. The molecule has 0 saturated carbocycles. The molecule has 134 valence electrons. The quantitative estimate of drug-likeness (QED) is 0.694. The van der Waals surface area contributed by atoms with Crippen LogP contribution in [0.2, 0.25) is 5.02 Å². The number of hydrogen-bond donors (Lipinski definition) is 1. The van der Waals surface area contributed by atoms with Crippen molar-refractivity contribution in [2.75, 3.05) is 12.4 Å². The van der Waals surface area contributed by atoms with Crippen molar-refractivity contribution < 1.29 is 18.8 Å². The summed E-state index contributed by atoms with van der Waals surface area (Å²) in [7, 11) is 1.42. The van der Waals surface area contributed by atoms with E-state index in [0.717, 1.165) is 4.90 Å². The molecule has 0 fully saturated rings. The number of imide groups is 1. The van der Waals surface area contributed by atoms with E-state index in [1.807, 2.05) is 6.07 Å². The van der Waals surface area contributed by atoms with Crippen LogP contribution in [0.1, 0.15) is 31.3 Å². The maximum absolute atomic E-state index is 12.5. The number of furan rings is 1. The van der Waals surface area contributed by atoms with E-state index in [1.54, 1.807) is 36.4 Å². The molecule has 1 aliphatic heterocycles. The molecule has 0 spiro atoms. The first kappa shape index (κ1) is 17.1. The molecule has 0 bridgehead atoms. The van der Waals surface area contributed by atoms with Crippen molar-refractivity contribution >= 4 is 35.0 Å². The number of nitrogens with one attached hydrogen (secondary N) is 1. The van der Waals surface area contributed by atoms with E-state index < -0.39 is 11.8 Å². The van der Waals surface area contributed by atoms with E-state index in [0.29, 0.717) is 27.6 Å². The minimum Gasteiger partial charge on any atom is -0.451 e. The zero-order valence-corrected chi connectivity index (χ0v) is 14.9. The highest BCUT2D eigenvalue weighted by molar-refractivity contribution is 6.33. The lowest BCUT2D eigenvalue weighted by Crippen LogP contribution is -2.24. The average Bonchev–Trinajstić information content (AvgIpc) is 3.23. The molecule has 27 heavy (non-hydrogen) atoms. The molecule has 0 radical (unpaired) electrons. The van der Waals surface area contributed by atoms with Gasteiger partial charge in [-0.1, -0.05) is 23.7 Å². The molecular weight excluding hydrogens is 368 g/mol. The van der Waals surface area contributed by atoms with Crippen LogP contribution in [0.5, 0.6) is 0 Å². The standard InChI is InChI=1S/C20H13ClN2O4/c1-23-19(25)12-7-6-11(10-14(12)20(23)26)22-18(24)17-9-8-16(27-17)13-4-2-3-5-15(13)21/h2-10H,1H3,(H,22,24). The Morgan fingerprint density at radius 3 is 2.48 bits per heavy atom. The van der Waals surface area contributed by atoms with Gasteiger partial charge in [0.05, 0.1) is 16.1 Å². The van der Waals surface area contributed by atoms with Gasteiger partial charge in [-0.3, -0.25) is 19.3 Å². The molecule has 1 aliphatic rings. The first-order valence-corrected chi connectivity index (χ1v) is 8.46. The van der Waals surface area contributed by atoms with Crippen LogP contribution in [0.25, 0.3) is 11.3 Å². The van der Waals surface area contributed by atoms with E-state index in [-0.39, 0.29) is 17.2 Å². The Morgan fingerprint density at radius 2 is 1.70 bits per heavy atom. The average molecular weight is 381 g/mol. The zero-order valence-electron chi connectivity index (χ0n) is 14.2. The molecular formula is C20H13ClN2O4. The lowest BCUT2D eigenvalue weighted by Gasteiger charge is -2.05. The monoisotopic (exact) mass is 380 g/mol. The van der Waals surface area contributed by atoms with Gasteiger partial charge in [0, 0.05) is 18.3 Å². The third-order valence-electron chi connectivity index (χ3n) is 4.32. The fourth-order valence-electron chi connectivity index (χ4n) is 2.90. The lowest BCUT2D eigenvalue weighted by atomic mass is 10.1. The molecule has 7 heteroatoms. The van der Waals surface area contributed by atoms with E-state index >= 15 is 0 Å². The van der Waals surface area contributed by atoms with Gasteiger partial charge >= 0.3 is 0 Å². The van der Waals surface area contributed by atoms with Crippen molar-refractivity contribution in [3.8, 4) is 11.3 Å². The van der Waals surface area contributed by atoms with Crippen LogP contribution in [0.15, 0.2) is 59.0 Å². The van der Waals surface area contributed by atoms with Crippen molar-refractivity contribution in [3.63, 3.8) is 0 Å². The van der Waals surface area contributed by atoms with E-state index in [9.17, 15) is 14.4 Å². The first-order valence-electron chi connectivity index (χ1n) is 8.08. The number of fused-ring (bicyclic) bond motifs is 1. The second-order valence-corrected chi connectivity index (χ2v) is 6.43. The summed E-state index contributed by atoms with van der Waals surface area (Å²) in [6.45, 7) is 0. The predicted molar refractivity (Wildman–Crippen MR) is 100.0 cm³/mol. The van der Waals surface area contributed by atoms with E-state index in [1.165, 1.54) is 19.2 Å². The number of amides is 3. The van der Waals surface area contributed by atoms with Crippen LogP contribution in [-0.2, 0) is 0 Å². The molecule has 6 nitrogen and oxygen atoms in total. The maximum Gasteiger partial charge on any atom is 0.291 e. The summed E-state index contributed by atoms with van der Waals surface area (Å²) < 4.78 is 5.61. The normalized spacial score (nSPS) is 13.0. The van der Waals surface area contributed by atoms with Crippen LogP contribution in [0.3, 0.4) is 0 Å². The van der Waals surface area contributed by atoms with Crippen LogP contribution in [0.4, 0.5) is 5.69 Å². The summed E-state index contributed by atoms with van der Waals surface area (Å²) in [5.41, 5.74) is 1.66. The number of benzene rings is 2. The van der Waals surface area contributed by atoms with Gasteiger partial charge in [-0.25, -0.2) is 0 Å². The Labute approximate surface area is 159 Å². The number of nitrogens with zero attached hydrogens (tertiary/aromatic N) is 1. The molecule has 0 unspecified atom stereocenters. The second kappa shape index (κ2) is 6.41. The van der Waals surface area contributed by atoms with Gasteiger partial charge < -0.3 is 9.73 Å². The smallest absolute Gasteiger partial charge is 0.291 e. The summed E-state index contributed by atoms with van der Waals surface area (Å²) in [4.78, 5) is 37.5. The Balaban J connectivity index is 1.57. The molecule has 0 atom stereocenters. The number of halogens is 1. The third kappa shape index (κ3) is 2.90. The molecule has 3 amide bonds. The van der Waals surface area contributed by atoms with Gasteiger partial charge in [-0.05, 0) is 42.5 Å². The number of rotatable bonds is 3. The molecule has 3 aromatic rings. The predicted octanol–water partition coefficient (Wildman–Crippen LogP) is 4.08. The van der Waals surface area contributed by atoms with E-state index in [4.69, 9.17) is 16.0 Å². The van der Waals surface area contributed by atoms with Gasteiger partial charge in [0.15, 0.2) is 5.76 Å². The fourth-order valence-corrected chi connectivity index (χ4v) is 3.13. The van der Waals surface area contributed by atoms with Crippen molar-refractivity contribution in [2.24, 2.45) is 0 Å². The summed E-state index contributed by atoms with van der Waals surface area (Å²) in [5.74, 6) is -0.654. The van der Waals surface area contributed by atoms with Crippen LogP contribution in [0, 0.1) is 0 Å². The van der Waals surface area contributed by atoms with Crippen LogP contribution < -0.4 is 5.32 Å². The molecule has 1 N–H and O–H groups in total.